The van der Waals surface area contributed by atoms with Crippen LogP contribution >= 0.6 is 0 Å². The summed E-state index contributed by atoms with van der Waals surface area (Å²) in [6.07, 6.45) is 2.99. The van der Waals surface area contributed by atoms with E-state index >= 15 is 0 Å². The van der Waals surface area contributed by atoms with Gasteiger partial charge in [0.25, 0.3) is 11.6 Å². The number of hydrogen-bond donors (Lipinski definition) is 1. The number of carbonyl (C=O) groups excluding carboxylic acids is 1. The normalized spacial score (nSPS) is 15.8. The van der Waals surface area contributed by atoms with E-state index in [1.165, 1.54) is 12.1 Å². The smallest absolute Gasteiger partial charge is 0.270 e. The highest BCUT2D eigenvalue weighted by molar-refractivity contribution is 6.00. The number of nitrogens with zero attached hydrogens (tertiary/aromatic N) is 2. The molecule has 6 heteroatoms. The number of anilines is 1. The maximum atomic E-state index is 12.4. The molecule has 0 aliphatic carbocycles. The molecule has 1 aliphatic heterocycles. The minimum absolute atomic E-state index is 0.0446. The Balaban J connectivity index is 2.35. The lowest BCUT2D eigenvalue weighted by Gasteiger charge is -2.21. The quantitative estimate of drug-likeness (QED) is 0.668. The molecule has 1 atom stereocenters. The number of non-ortho nitro benzene ring substituents is 1. The topological polar surface area (TPSA) is 75.5 Å². The molecule has 114 valence electrons. The van der Waals surface area contributed by atoms with E-state index in [9.17, 15) is 14.9 Å². The number of carbonyl (C=O) groups is 1. The molecule has 1 aromatic rings. The SMILES string of the molecule is CCC(C)NC(=O)c1cc([N+](=O)[O-])ccc1N1CCCC1. The van der Waals surface area contributed by atoms with Crippen LogP contribution in [0.4, 0.5) is 11.4 Å². The molecule has 1 fully saturated rings. The molecule has 1 heterocycles. The van der Waals surface area contributed by atoms with Crippen molar-refractivity contribution in [2.75, 3.05) is 18.0 Å². The van der Waals surface area contributed by atoms with Crippen LogP contribution in [-0.4, -0.2) is 30.0 Å². The zero-order valence-electron chi connectivity index (χ0n) is 12.5. The molecule has 6 nitrogen and oxygen atoms in total. The molecule has 21 heavy (non-hydrogen) atoms. The van der Waals surface area contributed by atoms with Gasteiger partial charge in [-0.3, -0.25) is 14.9 Å². The van der Waals surface area contributed by atoms with E-state index in [1.54, 1.807) is 6.07 Å². The molecule has 1 saturated heterocycles. The van der Waals surface area contributed by atoms with Crippen molar-refractivity contribution in [3.8, 4) is 0 Å². The fourth-order valence-electron chi connectivity index (χ4n) is 2.46. The highest BCUT2D eigenvalue weighted by Gasteiger charge is 2.22. The number of benzene rings is 1. The molecule has 0 radical (unpaired) electrons. The van der Waals surface area contributed by atoms with Crippen molar-refractivity contribution >= 4 is 17.3 Å². The second-order valence-corrected chi connectivity index (χ2v) is 5.44. The van der Waals surface area contributed by atoms with Gasteiger partial charge in [0.05, 0.1) is 16.2 Å². The third-order valence-electron chi connectivity index (χ3n) is 3.87. The first-order valence-corrected chi connectivity index (χ1v) is 7.37. The maximum absolute atomic E-state index is 12.4. The zero-order valence-corrected chi connectivity index (χ0v) is 12.5. The van der Waals surface area contributed by atoms with Gasteiger partial charge >= 0.3 is 0 Å². The minimum atomic E-state index is -0.464. The van der Waals surface area contributed by atoms with Gasteiger partial charge in [0.1, 0.15) is 0 Å². The van der Waals surface area contributed by atoms with Gasteiger partial charge in [0.15, 0.2) is 0 Å². The van der Waals surface area contributed by atoms with E-state index < -0.39 is 4.92 Å². The molecule has 0 aromatic heterocycles. The van der Waals surface area contributed by atoms with Crippen molar-refractivity contribution in [2.24, 2.45) is 0 Å². The van der Waals surface area contributed by atoms with Crippen molar-refractivity contribution < 1.29 is 9.72 Å². The van der Waals surface area contributed by atoms with Crippen molar-refractivity contribution in [1.82, 2.24) is 5.32 Å². The highest BCUT2D eigenvalue weighted by atomic mass is 16.6. The number of hydrogen-bond acceptors (Lipinski definition) is 4. The Morgan fingerprint density at radius 1 is 1.43 bits per heavy atom. The molecule has 2 rings (SSSR count). The number of amides is 1. The van der Waals surface area contributed by atoms with E-state index in [0.29, 0.717) is 5.56 Å². The molecule has 0 saturated carbocycles. The molecular weight excluding hydrogens is 270 g/mol. The van der Waals surface area contributed by atoms with Gasteiger partial charge < -0.3 is 10.2 Å². The summed E-state index contributed by atoms with van der Waals surface area (Å²) in [5, 5.41) is 13.8. The van der Waals surface area contributed by atoms with Crippen molar-refractivity contribution in [3.63, 3.8) is 0 Å². The summed E-state index contributed by atoms with van der Waals surface area (Å²) in [7, 11) is 0. The molecule has 1 amide bonds. The fourth-order valence-corrected chi connectivity index (χ4v) is 2.46. The number of nitrogens with one attached hydrogen (secondary N) is 1. The van der Waals surface area contributed by atoms with Crippen LogP contribution in [0.5, 0.6) is 0 Å². The summed E-state index contributed by atoms with van der Waals surface area (Å²) in [5.74, 6) is -0.241. The van der Waals surface area contributed by atoms with Gasteiger partial charge in [-0.1, -0.05) is 6.92 Å². The van der Waals surface area contributed by atoms with Crippen LogP contribution in [0.3, 0.4) is 0 Å². The van der Waals surface area contributed by atoms with Crippen molar-refractivity contribution in [1.29, 1.82) is 0 Å². The minimum Gasteiger partial charge on any atom is -0.371 e. The lowest BCUT2D eigenvalue weighted by Crippen LogP contribution is -2.33. The first-order chi connectivity index (χ1) is 10.0. The van der Waals surface area contributed by atoms with Crippen LogP contribution in [-0.2, 0) is 0 Å². The molecule has 1 aliphatic rings. The molecule has 0 spiro atoms. The summed E-state index contributed by atoms with van der Waals surface area (Å²) in [6, 6.07) is 4.58. The second-order valence-electron chi connectivity index (χ2n) is 5.44. The Kier molecular flexibility index (Phi) is 4.77. The standard InChI is InChI=1S/C15H21N3O3/c1-3-11(2)16-15(19)13-10-12(18(20)21)6-7-14(13)17-8-4-5-9-17/h6-7,10-11H,3-5,8-9H2,1-2H3,(H,16,19). The van der Waals surface area contributed by atoms with E-state index in [0.717, 1.165) is 38.0 Å². The molecule has 1 N–H and O–H groups in total. The predicted molar refractivity (Wildman–Crippen MR) is 81.8 cm³/mol. The predicted octanol–water partition coefficient (Wildman–Crippen LogP) is 2.72. The summed E-state index contributed by atoms with van der Waals surface area (Å²) < 4.78 is 0. The van der Waals surface area contributed by atoms with E-state index in [1.807, 2.05) is 13.8 Å². The first kappa shape index (κ1) is 15.3. The molecular formula is C15H21N3O3. The Bertz CT molecular complexity index is 539. The van der Waals surface area contributed by atoms with Gasteiger partial charge in [-0.2, -0.15) is 0 Å². The molecule has 1 unspecified atom stereocenters. The van der Waals surface area contributed by atoms with Gasteiger partial charge in [-0.05, 0) is 32.3 Å². The number of nitro groups is 1. The zero-order chi connectivity index (χ0) is 15.4. The van der Waals surface area contributed by atoms with Crippen LogP contribution in [0.1, 0.15) is 43.5 Å². The summed E-state index contributed by atoms with van der Waals surface area (Å²) in [5.41, 5.74) is 1.14. The highest BCUT2D eigenvalue weighted by Crippen LogP contribution is 2.28. The van der Waals surface area contributed by atoms with E-state index in [2.05, 4.69) is 10.2 Å². The number of nitro benzene ring substituents is 1. The Morgan fingerprint density at radius 2 is 2.10 bits per heavy atom. The monoisotopic (exact) mass is 291 g/mol. The Hall–Kier alpha value is -2.11. The fraction of sp³-hybridized carbons (Fsp3) is 0.533. The van der Waals surface area contributed by atoms with Gasteiger partial charge in [-0.15, -0.1) is 0 Å². The second kappa shape index (κ2) is 6.56. The summed E-state index contributed by atoms with van der Waals surface area (Å²) in [4.78, 5) is 25.0. The lowest BCUT2D eigenvalue weighted by molar-refractivity contribution is -0.384. The molecule has 1 aromatic carbocycles. The Labute approximate surface area is 124 Å². The van der Waals surface area contributed by atoms with Crippen LogP contribution in [0.25, 0.3) is 0 Å². The summed E-state index contributed by atoms with van der Waals surface area (Å²) >= 11 is 0. The lowest BCUT2D eigenvalue weighted by atomic mass is 10.1. The van der Waals surface area contributed by atoms with Crippen molar-refractivity contribution in [3.05, 3.63) is 33.9 Å². The van der Waals surface area contributed by atoms with Gasteiger partial charge in [0.2, 0.25) is 0 Å². The average molecular weight is 291 g/mol. The van der Waals surface area contributed by atoms with Crippen LogP contribution < -0.4 is 10.2 Å². The van der Waals surface area contributed by atoms with E-state index in [-0.39, 0.29) is 17.6 Å². The molecule has 0 bridgehead atoms. The first-order valence-electron chi connectivity index (χ1n) is 7.37. The van der Waals surface area contributed by atoms with Crippen molar-refractivity contribution in [2.45, 2.75) is 39.2 Å². The van der Waals surface area contributed by atoms with Gasteiger partial charge in [-0.25, -0.2) is 0 Å². The largest absolute Gasteiger partial charge is 0.371 e. The van der Waals surface area contributed by atoms with E-state index in [4.69, 9.17) is 0 Å². The van der Waals surface area contributed by atoms with Gasteiger partial charge in [0, 0.05) is 31.3 Å². The van der Waals surface area contributed by atoms with Crippen LogP contribution in [0.2, 0.25) is 0 Å². The Morgan fingerprint density at radius 3 is 2.67 bits per heavy atom. The average Bonchev–Trinajstić information content (AvgIpc) is 3.00. The number of rotatable bonds is 5. The maximum Gasteiger partial charge on any atom is 0.270 e. The van der Waals surface area contributed by atoms with Crippen LogP contribution in [0.15, 0.2) is 18.2 Å². The third kappa shape index (κ3) is 3.51. The third-order valence-corrected chi connectivity index (χ3v) is 3.87. The van der Waals surface area contributed by atoms with Crippen LogP contribution in [0, 0.1) is 10.1 Å². The summed E-state index contributed by atoms with van der Waals surface area (Å²) in [6.45, 7) is 5.69.